The molecule has 0 radical (unpaired) electrons. The van der Waals surface area contributed by atoms with Crippen LogP contribution in [0.1, 0.15) is 219 Å². The predicted octanol–water partition coefficient (Wildman–Crippen LogP) is 16.1. The molecule has 21 heteroatoms. The lowest BCUT2D eigenvalue weighted by molar-refractivity contribution is -0.161. The average Bonchev–Trinajstić information content (AvgIpc) is 1.82. The number of hydrogen-bond acceptors (Lipinski definition) is 17. The molecule has 0 fully saturated rings. The Bertz CT molecular complexity index is 2700. The van der Waals surface area contributed by atoms with E-state index in [2.05, 4.69) is 29.5 Å². The summed E-state index contributed by atoms with van der Waals surface area (Å²) in [6.07, 6.45) is 35.8. The fourth-order valence-corrected chi connectivity index (χ4v) is 11.5. The number of rotatable bonds is 57. The molecule has 3 aromatic carbocycles. The molecule has 0 saturated heterocycles. The van der Waals surface area contributed by atoms with Crippen LogP contribution in [0.5, 0.6) is 11.5 Å². The first-order chi connectivity index (χ1) is 45.5. The van der Waals surface area contributed by atoms with Crippen molar-refractivity contribution in [3.63, 3.8) is 0 Å². The van der Waals surface area contributed by atoms with E-state index < -0.39 is 51.5 Å². The van der Waals surface area contributed by atoms with Crippen molar-refractivity contribution in [2.75, 3.05) is 79.2 Å². The van der Waals surface area contributed by atoms with Gasteiger partial charge in [-0.2, -0.15) is 0 Å². The zero-order valence-electron chi connectivity index (χ0n) is 56.1. The van der Waals surface area contributed by atoms with Crippen LogP contribution in [0, 0.1) is 0 Å². The molecule has 1 aliphatic rings. The van der Waals surface area contributed by atoms with Gasteiger partial charge in [-0.25, -0.2) is 14.3 Å². The van der Waals surface area contributed by atoms with Crippen LogP contribution in [0.15, 0.2) is 72.9 Å². The lowest BCUT2D eigenvalue weighted by Gasteiger charge is -2.20. The van der Waals surface area contributed by atoms with Crippen LogP contribution >= 0.6 is 7.82 Å². The summed E-state index contributed by atoms with van der Waals surface area (Å²) in [7, 11) is -4.69. The van der Waals surface area contributed by atoms with E-state index in [0.29, 0.717) is 24.3 Å². The van der Waals surface area contributed by atoms with Crippen molar-refractivity contribution in [1.29, 1.82) is 0 Å². The fraction of sp³-hybridized carbons (Fsp3) is 0.667. The molecule has 3 N–H and O–H groups in total. The number of carbonyl (C=O) groups excluding carboxylic acids is 4. The summed E-state index contributed by atoms with van der Waals surface area (Å²) in [5.74, 6) is -0.0753. The van der Waals surface area contributed by atoms with Crippen LogP contribution in [0.2, 0.25) is 0 Å². The van der Waals surface area contributed by atoms with E-state index in [4.69, 9.17) is 51.9 Å². The van der Waals surface area contributed by atoms with E-state index >= 15 is 0 Å². The van der Waals surface area contributed by atoms with Crippen LogP contribution in [0.25, 0.3) is 33.4 Å². The topological polar surface area (TPSA) is 248 Å². The Balaban J connectivity index is 0.852. The van der Waals surface area contributed by atoms with Crippen molar-refractivity contribution in [2.45, 2.75) is 232 Å². The molecule has 93 heavy (non-hydrogen) atoms. The van der Waals surface area contributed by atoms with Crippen LogP contribution in [0.3, 0.4) is 0 Å². The van der Waals surface area contributed by atoms with Gasteiger partial charge in [0.1, 0.15) is 26.4 Å². The highest BCUT2D eigenvalue weighted by Gasteiger charge is 2.27. The molecule has 1 aromatic heterocycles. The normalized spacial score (nSPS) is 13.6. The Labute approximate surface area is 554 Å². The first-order valence-electron chi connectivity index (χ1n) is 35.2. The molecule has 0 bridgehead atoms. The number of benzene rings is 3. The number of fused-ring (bicyclic) bond motifs is 2. The molecule has 4 aromatic rings. The van der Waals surface area contributed by atoms with Gasteiger partial charge in [0.05, 0.1) is 62.6 Å². The number of ether oxygens (including phenoxy) is 8. The summed E-state index contributed by atoms with van der Waals surface area (Å²) >= 11 is 0. The largest absolute Gasteiger partial charge is 0.472 e. The number of phosphoric acid groups is 1. The highest BCUT2D eigenvalue weighted by molar-refractivity contribution is 7.47. The Kier molecular flexibility index (Phi) is 41.7. The van der Waals surface area contributed by atoms with E-state index in [0.717, 1.165) is 71.9 Å². The number of aromatic nitrogens is 2. The highest BCUT2D eigenvalue weighted by Crippen LogP contribution is 2.43. The van der Waals surface area contributed by atoms with Gasteiger partial charge in [-0.1, -0.05) is 236 Å². The molecule has 520 valence electrons. The Morgan fingerprint density at radius 1 is 0.516 bits per heavy atom. The molecular weight excluding hydrogens is 1210 g/mol. The number of esters is 2. The monoisotopic (exact) mass is 1320 g/mol. The SMILES string of the molecule is CCCCCCCCCCCCCCCCCC(=O)OCC(COP(=O)(O)OCCNC(=O)OCCOCC(=O)NCCOCCOCC1Oc2ccc(-c3ccc(-c4cnc5ccccc5n4)cc3)cc2O1)OC(=O)CCCCCCCCCCCCCCCCC. The van der Waals surface area contributed by atoms with Gasteiger partial charge >= 0.3 is 25.9 Å². The number of carbonyl (C=O) groups is 4. The van der Waals surface area contributed by atoms with E-state index in [1.807, 2.05) is 66.7 Å². The molecule has 1 aliphatic heterocycles. The van der Waals surface area contributed by atoms with Gasteiger partial charge in [-0.05, 0) is 48.2 Å². The number of nitrogens with one attached hydrogen (secondary N) is 2. The molecule has 2 amide bonds. The predicted molar refractivity (Wildman–Crippen MR) is 362 cm³/mol. The van der Waals surface area contributed by atoms with Gasteiger partial charge in [-0.15, -0.1) is 0 Å². The third-order valence-electron chi connectivity index (χ3n) is 16.1. The molecule has 3 unspecified atom stereocenters. The first-order valence-corrected chi connectivity index (χ1v) is 36.7. The van der Waals surface area contributed by atoms with Crippen LogP contribution in [-0.4, -0.2) is 130 Å². The molecule has 2 heterocycles. The standard InChI is InChI=1S/C72H111N4O16P/c1-3-5-7-9-11-13-15-17-19-21-23-25-27-29-31-37-69(78)87-55-62(90-70(79)38-32-30-28-26-24-22-20-18-16-14-12-10-8-6-4-2)56-89-93(81,82)88-48-46-74-72(80)86-52-51-84-57-68(77)73-45-47-83-49-50-85-58-71-91-66-44-43-61(53-67(66)92-71)59-39-41-60(42-40-59)65-54-75-63-35-33-34-36-64(63)76-65/h33-36,39-44,53-54,62,71H,3-32,37-38,45-52,55-58H2,1-2H3,(H,73,77)(H,74,80)(H,81,82). The van der Waals surface area contributed by atoms with Crippen LogP contribution in [-0.2, 0) is 56.4 Å². The molecule has 0 spiro atoms. The van der Waals surface area contributed by atoms with Gasteiger partial charge in [0.25, 0.3) is 6.29 Å². The van der Waals surface area contributed by atoms with Crippen molar-refractivity contribution >= 4 is 42.8 Å². The van der Waals surface area contributed by atoms with Gasteiger partial charge < -0.3 is 53.4 Å². The highest BCUT2D eigenvalue weighted by atomic mass is 31.2. The number of phosphoric ester groups is 1. The van der Waals surface area contributed by atoms with Gasteiger partial charge in [-0.3, -0.25) is 28.4 Å². The van der Waals surface area contributed by atoms with Crippen molar-refractivity contribution in [3.8, 4) is 33.9 Å². The Hall–Kier alpha value is -5.73. The lowest BCUT2D eigenvalue weighted by Crippen LogP contribution is -2.32. The van der Waals surface area contributed by atoms with E-state index in [1.54, 1.807) is 6.20 Å². The number of amides is 2. The molecule has 3 atom stereocenters. The summed E-state index contributed by atoms with van der Waals surface area (Å²) in [5.41, 5.74) is 5.47. The van der Waals surface area contributed by atoms with Crippen molar-refractivity contribution in [3.05, 3.63) is 72.9 Å². The number of alkyl carbamates (subject to hydrolysis) is 1. The second kappa shape index (κ2) is 49.8. The summed E-state index contributed by atoms with van der Waals surface area (Å²) in [4.78, 5) is 69.8. The summed E-state index contributed by atoms with van der Waals surface area (Å²) in [6, 6.07) is 21.7. The van der Waals surface area contributed by atoms with Crippen molar-refractivity contribution < 1.29 is 75.6 Å². The minimum Gasteiger partial charge on any atom is -0.462 e. The lowest BCUT2D eigenvalue weighted by atomic mass is 10.0. The summed E-state index contributed by atoms with van der Waals surface area (Å²) in [5, 5.41) is 5.08. The molecule has 20 nitrogen and oxygen atoms in total. The average molecular weight is 1320 g/mol. The second-order valence-corrected chi connectivity index (χ2v) is 25.5. The molecule has 5 rings (SSSR count). The zero-order chi connectivity index (χ0) is 66.1. The maximum atomic E-state index is 12.9. The minimum absolute atomic E-state index is 0.0664. The summed E-state index contributed by atoms with van der Waals surface area (Å²) < 4.78 is 67.6. The number of hydrogen-bond donors (Lipinski definition) is 3. The van der Waals surface area contributed by atoms with Crippen LogP contribution in [0.4, 0.5) is 4.79 Å². The van der Waals surface area contributed by atoms with E-state index in [9.17, 15) is 28.6 Å². The number of para-hydroxylation sites is 2. The van der Waals surface area contributed by atoms with Gasteiger partial charge in [0.15, 0.2) is 17.6 Å². The fourth-order valence-electron chi connectivity index (χ4n) is 10.7. The third kappa shape index (κ3) is 36.7. The van der Waals surface area contributed by atoms with Crippen molar-refractivity contribution in [2.24, 2.45) is 0 Å². The van der Waals surface area contributed by atoms with Crippen LogP contribution < -0.4 is 20.1 Å². The second-order valence-electron chi connectivity index (χ2n) is 24.1. The maximum absolute atomic E-state index is 12.9. The smallest absolute Gasteiger partial charge is 0.462 e. The molecule has 0 aliphatic carbocycles. The third-order valence-corrected chi connectivity index (χ3v) is 17.0. The quantitative estimate of drug-likeness (QED) is 0.0161. The van der Waals surface area contributed by atoms with E-state index in [1.165, 1.54) is 141 Å². The summed E-state index contributed by atoms with van der Waals surface area (Å²) in [6.45, 7) is 3.71. The Morgan fingerprint density at radius 2 is 1.03 bits per heavy atom. The molecule has 0 saturated carbocycles. The zero-order valence-corrected chi connectivity index (χ0v) is 57.0. The van der Waals surface area contributed by atoms with E-state index in [-0.39, 0.29) is 84.7 Å². The number of nitrogens with zero attached hydrogens (tertiary/aromatic N) is 2. The minimum atomic E-state index is -4.69. The molecular formula is C72H111N4O16P. The maximum Gasteiger partial charge on any atom is 0.472 e. The van der Waals surface area contributed by atoms with Gasteiger partial charge in [0.2, 0.25) is 5.91 Å². The first kappa shape index (κ1) is 78.0. The number of unbranched alkanes of at least 4 members (excludes halogenated alkanes) is 28. The Morgan fingerprint density at radius 3 is 1.65 bits per heavy atom. The van der Waals surface area contributed by atoms with Crippen molar-refractivity contribution in [1.82, 2.24) is 20.6 Å². The van der Waals surface area contributed by atoms with Gasteiger partial charge in [0, 0.05) is 31.5 Å².